The molecule has 2 aromatic carbocycles. The normalized spacial score (nSPS) is 16.0. The number of aromatic nitrogens is 2. The summed E-state index contributed by atoms with van der Waals surface area (Å²) in [6.45, 7) is 2.98. The van der Waals surface area contributed by atoms with Crippen LogP contribution in [0.5, 0.6) is 5.75 Å². The number of hydrogen-bond donors (Lipinski definition) is 4. The lowest BCUT2D eigenvalue weighted by Crippen LogP contribution is -2.60. The highest BCUT2D eigenvalue weighted by atomic mass is 16.3. The van der Waals surface area contributed by atoms with E-state index in [1.165, 1.54) is 0 Å². The number of aromatic hydroxyl groups is 1. The van der Waals surface area contributed by atoms with E-state index in [0.29, 0.717) is 49.7 Å². The van der Waals surface area contributed by atoms with Gasteiger partial charge in [0.1, 0.15) is 11.8 Å². The molecule has 1 aliphatic rings. The summed E-state index contributed by atoms with van der Waals surface area (Å²) >= 11 is 0. The first-order chi connectivity index (χ1) is 16.1. The fourth-order valence-corrected chi connectivity index (χ4v) is 4.05. The highest BCUT2D eigenvalue weighted by molar-refractivity contribution is 5.87. The van der Waals surface area contributed by atoms with E-state index in [2.05, 4.69) is 30.6 Å². The Hall–Kier alpha value is -3.85. The van der Waals surface area contributed by atoms with Gasteiger partial charge in [0.25, 0.3) is 0 Å². The van der Waals surface area contributed by atoms with Crippen molar-refractivity contribution in [2.45, 2.75) is 6.04 Å². The fourth-order valence-electron chi connectivity index (χ4n) is 4.05. The van der Waals surface area contributed by atoms with Crippen molar-refractivity contribution in [3.8, 4) is 17.0 Å². The Kier molecular flexibility index (Phi) is 6.89. The third-order valence-electron chi connectivity index (χ3n) is 5.77. The molecule has 0 aliphatic carbocycles. The number of nitrogens with one attached hydrogen (secondary N) is 2. The number of nitrogens with two attached hydrogens (primary N) is 1. The SMILES string of the molecule is CNCCNC(=O)C1CN(c2cc(-c3ccccc3O)nnc2N)CCN1c1ccccc1. The number of piperazine rings is 1. The predicted octanol–water partition coefficient (Wildman–Crippen LogP) is 1.46. The molecule has 1 atom stereocenters. The summed E-state index contributed by atoms with van der Waals surface area (Å²) in [6.07, 6.45) is 0. The van der Waals surface area contributed by atoms with Gasteiger partial charge < -0.3 is 31.3 Å². The minimum atomic E-state index is -0.404. The molecule has 5 N–H and O–H groups in total. The van der Waals surface area contributed by atoms with Crippen LogP contribution in [0, 0.1) is 0 Å². The molecule has 33 heavy (non-hydrogen) atoms. The largest absolute Gasteiger partial charge is 0.507 e. The number of nitrogen functional groups attached to an aromatic ring is 1. The van der Waals surface area contributed by atoms with E-state index in [1.54, 1.807) is 18.2 Å². The lowest BCUT2D eigenvalue weighted by atomic mass is 10.1. The number of carbonyl (C=O) groups is 1. The van der Waals surface area contributed by atoms with Gasteiger partial charge >= 0.3 is 0 Å². The number of carbonyl (C=O) groups excluding carboxylic acids is 1. The number of nitrogens with zero attached hydrogens (tertiary/aromatic N) is 4. The second kappa shape index (κ2) is 10.2. The number of benzene rings is 2. The number of rotatable bonds is 7. The summed E-state index contributed by atoms with van der Waals surface area (Å²) in [6, 6.07) is 18.3. The Labute approximate surface area is 193 Å². The smallest absolute Gasteiger partial charge is 0.244 e. The molecule has 0 spiro atoms. The zero-order chi connectivity index (χ0) is 23.2. The first kappa shape index (κ1) is 22.3. The van der Waals surface area contributed by atoms with Crippen molar-refractivity contribution in [2.24, 2.45) is 0 Å². The second-order valence-electron chi connectivity index (χ2n) is 7.90. The minimum absolute atomic E-state index is 0.0414. The minimum Gasteiger partial charge on any atom is -0.507 e. The second-order valence-corrected chi connectivity index (χ2v) is 7.90. The van der Waals surface area contributed by atoms with E-state index in [4.69, 9.17) is 5.73 Å². The van der Waals surface area contributed by atoms with Crippen LogP contribution in [0.25, 0.3) is 11.3 Å². The molecule has 1 unspecified atom stereocenters. The van der Waals surface area contributed by atoms with Gasteiger partial charge in [-0.15, -0.1) is 10.2 Å². The quantitative estimate of drug-likeness (QED) is 0.402. The molecule has 172 valence electrons. The Morgan fingerprint density at radius 3 is 2.61 bits per heavy atom. The van der Waals surface area contributed by atoms with E-state index < -0.39 is 6.04 Å². The van der Waals surface area contributed by atoms with Crippen LogP contribution < -0.4 is 26.2 Å². The number of anilines is 3. The van der Waals surface area contributed by atoms with Crippen LogP contribution in [0.1, 0.15) is 0 Å². The highest BCUT2D eigenvalue weighted by Crippen LogP contribution is 2.32. The Morgan fingerprint density at radius 2 is 1.85 bits per heavy atom. The molecule has 4 rings (SSSR count). The van der Waals surface area contributed by atoms with Gasteiger partial charge in [0, 0.05) is 44.0 Å². The van der Waals surface area contributed by atoms with Crippen LogP contribution >= 0.6 is 0 Å². The molecule has 9 heteroatoms. The summed E-state index contributed by atoms with van der Waals surface area (Å²) in [5.41, 5.74) is 9.01. The molecule has 9 nitrogen and oxygen atoms in total. The van der Waals surface area contributed by atoms with E-state index >= 15 is 0 Å². The van der Waals surface area contributed by atoms with Gasteiger partial charge in [0.2, 0.25) is 5.91 Å². The number of likely N-dealkylation sites (N-methyl/N-ethyl adjacent to an activating group) is 1. The van der Waals surface area contributed by atoms with Gasteiger partial charge in [0.05, 0.1) is 11.4 Å². The van der Waals surface area contributed by atoms with E-state index in [1.807, 2.05) is 49.5 Å². The Morgan fingerprint density at radius 1 is 1.09 bits per heavy atom. The van der Waals surface area contributed by atoms with Crippen LogP contribution in [-0.4, -0.2) is 67.0 Å². The Balaban J connectivity index is 1.62. The average Bonchev–Trinajstić information content (AvgIpc) is 2.85. The molecule has 1 amide bonds. The van der Waals surface area contributed by atoms with Crippen LogP contribution in [-0.2, 0) is 4.79 Å². The first-order valence-electron chi connectivity index (χ1n) is 11.0. The van der Waals surface area contributed by atoms with E-state index in [0.717, 1.165) is 5.69 Å². The van der Waals surface area contributed by atoms with Crippen molar-refractivity contribution in [1.29, 1.82) is 0 Å². The predicted molar refractivity (Wildman–Crippen MR) is 130 cm³/mol. The molecule has 1 fully saturated rings. The number of phenols is 1. The lowest BCUT2D eigenvalue weighted by molar-refractivity contribution is -0.122. The topological polar surface area (TPSA) is 120 Å². The molecule has 1 saturated heterocycles. The standard InChI is InChI=1S/C24H29N7O2/c1-26-11-12-27-24(33)21-16-30(13-14-31(21)17-7-3-2-4-8-17)20-15-19(28-29-23(20)25)18-9-5-6-10-22(18)32/h2-10,15,21,26,32H,11-14,16H2,1H3,(H2,25,29)(H,27,33). The zero-order valence-electron chi connectivity index (χ0n) is 18.6. The molecule has 1 aliphatic heterocycles. The summed E-state index contributed by atoms with van der Waals surface area (Å²) in [5.74, 6) is 0.371. The zero-order valence-corrected chi connectivity index (χ0v) is 18.6. The van der Waals surface area contributed by atoms with Crippen LogP contribution in [0.4, 0.5) is 17.2 Å². The molecule has 2 heterocycles. The molecular weight excluding hydrogens is 418 g/mol. The average molecular weight is 448 g/mol. The van der Waals surface area contributed by atoms with Gasteiger partial charge in [-0.25, -0.2) is 0 Å². The van der Waals surface area contributed by atoms with E-state index in [-0.39, 0.29) is 17.5 Å². The molecule has 3 aromatic rings. The lowest BCUT2D eigenvalue weighted by Gasteiger charge is -2.43. The van der Waals surface area contributed by atoms with Crippen LogP contribution in [0.3, 0.4) is 0 Å². The monoisotopic (exact) mass is 447 g/mol. The summed E-state index contributed by atoms with van der Waals surface area (Å²) in [7, 11) is 1.85. The third-order valence-corrected chi connectivity index (χ3v) is 5.77. The maximum atomic E-state index is 13.2. The Bertz CT molecular complexity index is 1090. The van der Waals surface area contributed by atoms with Gasteiger partial charge in [-0.05, 0) is 37.4 Å². The van der Waals surface area contributed by atoms with Crippen molar-refractivity contribution >= 4 is 23.1 Å². The van der Waals surface area contributed by atoms with Gasteiger partial charge in [-0.2, -0.15) is 0 Å². The van der Waals surface area contributed by atoms with Crippen molar-refractivity contribution in [1.82, 2.24) is 20.8 Å². The van der Waals surface area contributed by atoms with Crippen molar-refractivity contribution in [3.05, 3.63) is 60.7 Å². The number of phenolic OH excluding ortho intramolecular Hbond substituents is 1. The highest BCUT2D eigenvalue weighted by Gasteiger charge is 2.33. The molecule has 0 saturated carbocycles. The van der Waals surface area contributed by atoms with Crippen LogP contribution in [0.15, 0.2) is 60.7 Å². The van der Waals surface area contributed by atoms with Crippen molar-refractivity contribution < 1.29 is 9.90 Å². The summed E-state index contributed by atoms with van der Waals surface area (Å²) < 4.78 is 0. The van der Waals surface area contributed by atoms with Crippen molar-refractivity contribution in [3.63, 3.8) is 0 Å². The third kappa shape index (κ3) is 4.98. The maximum absolute atomic E-state index is 13.2. The molecule has 1 aromatic heterocycles. The number of para-hydroxylation sites is 2. The van der Waals surface area contributed by atoms with Gasteiger partial charge in [-0.1, -0.05) is 30.3 Å². The van der Waals surface area contributed by atoms with E-state index in [9.17, 15) is 9.90 Å². The number of amides is 1. The van der Waals surface area contributed by atoms with Crippen molar-refractivity contribution in [2.75, 3.05) is 55.3 Å². The summed E-state index contributed by atoms with van der Waals surface area (Å²) in [5, 5.41) is 24.6. The number of hydrogen-bond acceptors (Lipinski definition) is 8. The molecular formula is C24H29N7O2. The summed E-state index contributed by atoms with van der Waals surface area (Å²) in [4.78, 5) is 17.3. The van der Waals surface area contributed by atoms with Gasteiger partial charge in [0.15, 0.2) is 5.82 Å². The fraction of sp³-hybridized carbons (Fsp3) is 0.292. The van der Waals surface area contributed by atoms with Gasteiger partial charge in [-0.3, -0.25) is 4.79 Å². The first-order valence-corrected chi connectivity index (χ1v) is 11.0. The molecule has 0 bridgehead atoms. The molecule has 0 radical (unpaired) electrons. The van der Waals surface area contributed by atoms with Crippen LogP contribution in [0.2, 0.25) is 0 Å². The maximum Gasteiger partial charge on any atom is 0.244 e.